The van der Waals surface area contributed by atoms with Gasteiger partial charge in [-0.3, -0.25) is 0 Å². The Kier molecular flexibility index (Phi) is 4.22. The third-order valence-corrected chi connectivity index (χ3v) is 5.04. The summed E-state index contributed by atoms with van der Waals surface area (Å²) in [5, 5.41) is 0.965. The summed E-state index contributed by atoms with van der Waals surface area (Å²) >= 11 is 0. The van der Waals surface area contributed by atoms with Gasteiger partial charge in [0.2, 0.25) is 16.9 Å². The van der Waals surface area contributed by atoms with E-state index >= 15 is 0 Å². The highest BCUT2D eigenvalue weighted by Gasteiger charge is 2.36. The molecular formula is C22H20F3N3+2. The molecule has 3 nitrogen and oxygen atoms in total. The summed E-state index contributed by atoms with van der Waals surface area (Å²) in [5.74, 6) is 0. The van der Waals surface area contributed by atoms with Crippen molar-refractivity contribution in [2.45, 2.75) is 20.0 Å². The normalized spacial score (nSPS) is 11.9. The van der Waals surface area contributed by atoms with E-state index in [1.54, 1.807) is 10.8 Å². The van der Waals surface area contributed by atoms with Crippen molar-refractivity contribution in [3.63, 3.8) is 0 Å². The maximum absolute atomic E-state index is 13.7. The van der Waals surface area contributed by atoms with Gasteiger partial charge >= 0.3 is 6.18 Å². The van der Waals surface area contributed by atoms with E-state index < -0.39 is 11.7 Å². The lowest BCUT2D eigenvalue weighted by molar-refractivity contribution is -0.659. The first-order chi connectivity index (χ1) is 13.3. The predicted molar refractivity (Wildman–Crippen MR) is 100 cm³/mol. The number of halogens is 3. The Morgan fingerprint density at radius 3 is 2.29 bits per heavy atom. The minimum Gasteiger partial charge on any atom is -0.166 e. The van der Waals surface area contributed by atoms with Gasteiger partial charge in [-0.05, 0) is 13.0 Å². The maximum Gasteiger partial charge on any atom is 0.416 e. The molecule has 4 rings (SSSR count). The van der Waals surface area contributed by atoms with E-state index in [0.29, 0.717) is 11.4 Å². The number of fused-ring (bicyclic) bond motifs is 1. The molecule has 2 aromatic heterocycles. The molecule has 0 aliphatic carbocycles. The van der Waals surface area contributed by atoms with E-state index in [-0.39, 0.29) is 0 Å². The van der Waals surface area contributed by atoms with Crippen LogP contribution in [-0.2, 0) is 13.2 Å². The first-order valence-corrected chi connectivity index (χ1v) is 8.93. The van der Waals surface area contributed by atoms with Crippen LogP contribution < -0.4 is 9.25 Å². The number of nitrogens with zero attached hydrogens (tertiary/aromatic N) is 3. The minimum atomic E-state index is -4.44. The number of hydrogen-bond donors (Lipinski definition) is 0. The second-order valence-corrected chi connectivity index (χ2v) is 6.92. The molecule has 0 bridgehead atoms. The smallest absolute Gasteiger partial charge is 0.166 e. The summed E-state index contributed by atoms with van der Waals surface area (Å²) in [4.78, 5) is 0. The number of benzene rings is 2. The molecule has 0 aliphatic rings. The summed E-state index contributed by atoms with van der Waals surface area (Å²) in [6, 6.07) is 15.7. The second-order valence-electron chi connectivity index (χ2n) is 6.92. The SMILES string of the molecule is Cc1c(-[n+]2ccccc2C)cc(C(F)(F)F)cc1-[n+]1c2ccccc2cn1C. The number of rotatable bonds is 2. The molecule has 0 spiro atoms. The third-order valence-electron chi connectivity index (χ3n) is 5.04. The summed E-state index contributed by atoms with van der Waals surface area (Å²) in [6.07, 6.45) is -0.743. The molecular weight excluding hydrogens is 363 g/mol. The molecule has 2 aromatic carbocycles. The van der Waals surface area contributed by atoms with Gasteiger partial charge in [-0.2, -0.15) is 22.4 Å². The Hall–Kier alpha value is -3.15. The van der Waals surface area contributed by atoms with E-state index in [4.69, 9.17) is 0 Å². The van der Waals surface area contributed by atoms with Crippen LogP contribution in [0.1, 0.15) is 16.8 Å². The van der Waals surface area contributed by atoms with Gasteiger partial charge in [0.1, 0.15) is 0 Å². The van der Waals surface area contributed by atoms with Crippen molar-refractivity contribution in [3.8, 4) is 11.4 Å². The highest BCUT2D eigenvalue weighted by atomic mass is 19.4. The monoisotopic (exact) mass is 383 g/mol. The van der Waals surface area contributed by atoms with Crippen LogP contribution in [0.15, 0.2) is 67.0 Å². The predicted octanol–water partition coefficient (Wildman–Crippen LogP) is 4.37. The zero-order valence-electron chi connectivity index (χ0n) is 15.8. The summed E-state index contributed by atoms with van der Waals surface area (Å²) in [5.41, 5.74) is 2.83. The van der Waals surface area contributed by atoms with Crippen LogP contribution in [0.5, 0.6) is 0 Å². The number of para-hydroxylation sites is 1. The molecule has 0 saturated carbocycles. The average molecular weight is 383 g/mol. The molecule has 4 aromatic rings. The van der Waals surface area contributed by atoms with Crippen molar-refractivity contribution in [2.75, 3.05) is 0 Å². The lowest BCUT2D eigenvalue weighted by Crippen LogP contribution is -2.42. The standard InChI is InChI=1S/C22H20F3N3/c1-15-8-6-7-11-27(15)20-12-18(22(23,24)25)13-21(16(20)2)28-19-10-5-4-9-17(19)14-26(28)3/h4-14H,1-3H3/q+2. The highest BCUT2D eigenvalue weighted by molar-refractivity contribution is 5.75. The largest absolute Gasteiger partial charge is 0.416 e. The average Bonchev–Trinajstić information content (AvgIpc) is 2.97. The van der Waals surface area contributed by atoms with Crippen molar-refractivity contribution in [1.82, 2.24) is 4.68 Å². The molecule has 0 aliphatic heterocycles. The van der Waals surface area contributed by atoms with Gasteiger partial charge in [0.05, 0.1) is 29.8 Å². The van der Waals surface area contributed by atoms with Crippen molar-refractivity contribution in [3.05, 3.63) is 83.8 Å². The molecule has 142 valence electrons. The van der Waals surface area contributed by atoms with Crippen molar-refractivity contribution in [2.24, 2.45) is 7.05 Å². The molecule has 0 radical (unpaired) electrons. The second kappa shape index (κ2) is 6.48. The van der Waals surface area contributed by atoms with Crippen LogP contribution in [0.25, 0.3) is 22.3 Å². The molecule has 0 saturated heterocycles. The molecule has 6 heteroatoms. The fraction of sp³-hybridized carbons (Fsp3) is 0.182. The molecule has 0 amide bonds. The van der Waals surface area contributed by atoms with Gasteiger partial charge < -0.3 is 0 Å². The number of alkyl halides is 3. The number of pyridine rings is 1. The molecule has 0 unspecified atom stereocenters. The highest BCUT2D eigenvalue weighted by Crippen LogP contribution is 2.33. The van der Waals surface area contributed by atoms with Crippen molar-refractivity contribution >= 4 is 10.9 Å². The van der Waals surface area contributed by atoms with Crippen LogP contribution >= 0.6 is 0 Å². The van der Waals surface area contributed by atoms with Crippen LogP contribution in [0, 0.1) is 13.8 Å². The quantitative estimate of drug-likeness (QED) is 0.456. The lowest BCUT2D eigenvalue weighted by Gasteiger charge is -2.11. The lowest BCUT2D eigenvalue weighted by atomic mass is 10.1. The van der Waals surface area contributed by atoms with E-state index in [1.807, 2.05) is 78.9 Å². The Labute approximate surface area is 160 Å². The van der Waals surface area contributed by atoms with Gasteiger partial charge in [0, 0.05) is 37.3 Å². The number of aryl methyl sites for hydroxylation is 2. The first-order valence-electron chi connectivity index (χ1n) is 8.93. The fourth-order valence-corrected chi connectivity index (χ4v) is 3.63. The molecule has 0 atom stereocenters. The Balaban J connectivity index is 2.09. The topological polar surface area (TPSA) is 12.7 Å². The van der Waals surface area contributed by atoms with E-state index in [0.717, 1.165) is 22.2 Å². The molecule has 28 heavy (non-hydrogen) atoms. The molecule has 0 N–H and O–H groups in total. The van der Waals surface area contributed by atoms with Crippen LogP contribution in [0.3, 0.4) is 0 Å². The summed E-state index contributed by atoms with van der Waals surface area (Å²) in [7, 11) is 1.83. The minimum absolute atomic E-state index is 0.504. The third kappa shape index (κ3) is 2.95. The van der Waals surface area contributed by atoms with Gasteiger partial charge in [0.25, 0.3) is 0 Å². The first kappa shape index (κ1) is 18.2. The Morgan fingerprint density at radius 2 is 1.57 bits per heavy atom. The van der Waals surface area contributed by atoms with E-state index in [9.17, 15) is 13.2 Å². The summed E-state index contributed by atoms with van der Waals surface area (Å²) < 4.78 is 46.6. The van der Waals surface area contributed by atoms with E-state index in [1.165, 1.54) is 12.1 Å². The van der Waals surface area contributed by atoms with Crippen molar-refractivity contribution in [1.29, 1.82) is 0 Å². The zero-order valence-corrected chi connectivity index (χ0v) is 15.8. The van der Waals surface area contributed by atoms with Crippen LogP contribution in [-0.4, -0.2) is 4.68 Å². The van der Waals surface area contributed by atoms with Gasteiger partial charge in [-0.15, -0.1) is 0 Å². The Morgan fingerprint density at radius 1 is 0.893 bits per heavy atom. The van der Waals surface area contributed by atoms with Gasteiger partial charge in [-0.1, -0.05) is 22.9 Å². The molecule has 2 heterocycles. The van der Waals surface area contributed by atoms with Gasteiger partial charge in [0.15, 0.2) is 11.9 Å². The van der Waals surface area contributed by atoms with Gasteiger partial charge in [-0.25, -0.2) is 0 Å². The Bertz CT molecular complexity index is 1190. The number of aromatic nitrogens is 3. The van der Waals surface area contributed by atoms with E-state index in [2.05, 4.69) is 0 Å². The van der Waals surface area contributed by atoms with Crippen LogP contribution in [0.2, 0.25) is 0 Å². The summed E-state index contributed by atoms with van der Waals surface area (Å²) in [6.45, 7) is 3.74. The van der Waals surface area contributed by atoms with Crippen LogP contribution in [0.4, 0.5) is 13.2 Å². The molecule has 0 fully saturated rings. The maximum atomic E-state index is 13.7. The number of hydrogen-bond acceptors (Lipinski definition) is 0. The zero-order chi connectivity index (χ0) is 20.1. The fourth-order valence-electron chi connectivity index (χ4n) is 3.63. The van der Waals surface area contributed by atoms with Crippen molar-refractivity contribution < 1.29 is 22.4 Å².